The summed E-state index contributed by atoms with van der Waals surface area (Å²) >= 11 is 0. The molecule has 1 aromatic heterocycles. The molecule has 0 aliphatic rings. The number of nitrogens with zero attached hydrogens (tertiary/aromatic N) is 1. The van der Waals surface area contributed by atoms with Crippen molar-refractivity contribution < 1.29 is 27.8 Å². The summed E-state index contributed by atoms with van der Waals surface area (Å²) in [5.41, 5.74) is 4.50. The Morgan fingerprint density at radius 2 is 2.10 bits per heavy atom. The average Bonchev–Trinajstić information content (AvgIpc) is 2.28. The van der Waals surface area contributed by atoms with Crippen LogP contribution in [0.5, 0.6) is 0 Å². The molecule has 0 fully saturated rings. The Morgan fingerprint density at radius 1 is 1.45 bits per heavy atom. The highest BCUT2D eigenvalue weighted by Gasteiger charge is 2.27. The van der Waals surface area contributed by atoms with Crippen LogP contribution in [0.25, 0.3) is 0 Å². The van der Waals surface area contributed by atoms with Gasteiger partial charge < -0.3 is 20.6 Å². The second-order valence-electron chi connectivity index (χ2n) is 3.86. The Balaban J connectivity index is 2.65. The number of nitrogens with one attached hydrogen (secondary N) is 1. The molecular formula is C10H12F3N3O4. The molecule has 0 saturated heterocycles. The highest BCUT2D eigenvalue weighted by molar-refractivity contribution is 5.71. The predicted octanol–water partition coefficient (Wildman–Crippen LogP) is 0.101. The number of hydrogen-bond donors (Lipinski definition) is 3. The van der Waals surface area contributed by atoms with Crippen molar-refractivity contribution in [1.82, 2.24) is 9.97 Å². The first kappa shape index (κ1) is 16.0. The first-order chi connectivity index (χ1) is 9.19. The van der Waals surface area contributed by atoms with E-state index in [1.54, 1.807) is 0 Å². The quantitative estimate of drug-likeness (QED) is 0.641. The van der Waals surface area contributed by atoms with Crippen molar-refractivity contribution in [3.05, 3.63) is 21.7 Å². The monoisotopic (exact) mass is 295 g/mol. The number of carboxylic acids is 1. The summed E-state index contributed by atoms with van der Waals surface area (Å²) < 4.78 is 39.8. The summed E-state index contributed by atoms with van der Waals surface area (Å²) in [6, 6.07) is 0. The van der Waals surface area contributed by atoms with Crippen molar-refractivity contribution >= 4 is 11.8 Å². The number of anilines is 1. The van der Waals surface area contributed by atoms with Crippen LogP contribution < -0.4 is 11.3 Å². The van der Waals surface area contributed by atoms with Gasteiger partial charge in [-0.3, -0.25) is 9.59 Å². The van der Waals surface area contributed by atoms with E-state index in [4.69, 9.17) is 10.8 Å². The minimum atomic E-state index is -4.43. The maximum Gasteiger partial charge on any atom is 0.411 e. The molecule has 7 nitrogen and oxygen atoms in total. The summed E-state index contributed by atoms with van der Waals surface area (Å²) in [6.45, 7) is -1.70. The van der Waals surface area contributed by atoms with Crippen LogP contribution >= 0.6 is 0 Å². The number of aromatic amines is 1. The van der Waals surface area contributed by atoms with Gasteiger partial charge in [-0.05, 0) is 0 Å². The number of carbonyl (C=O) groups is 1. The average molecular weight is 295 g/mol. The zero-order chi connectivity index (χ0) is 15.3. The van der Waals surface area contributed by atoms with Gasteiger partial charge >= 0.3 is 12.1 Å². The van der Waals surface area contributed by atoms with Crippen LogP contribution in [-0.2, 0) is 22.4 Å². The number of aliphatic carboxylic acids is 1. The number of hydrogen-bond acceptors (Lipinski definition) is 5. The van der Waals surface area contributed by atoms with E-state index >= 15 is 0 Å². The number of alkyl halides is 3. The SMILES string of the molecule is Nc1nc(CCOCC(F)(F)F)[nH]c(=O)c1CC(=O)O. The van der Waals surface area contributed by atoms with Crippen molar-refractivity contribution in [3.8, 4) is 0 Å². The molecule has 0 radical (unpaired) electrons. The van der Waals surface area contributed by atoms with Crippen LogP contribution in [0.4, 0.5) is 19.0 Å². The van der Waals surface area contributed by atoms with Gasteiger partial charge in [0.25, 0.3) is 5.56 Å². The maximum absolute atomic E-state index is 11.8. The fourth-order valence-corrected chi connectivity index (χ4v) is 1.36. The fraction of sp³-hybridized carbons (Fsp3) is 0.500. The Bertz CT molecular complexity index is 542. The molecule has 0 unspecified atom stereocenters. The summed E-state index contributed by atoms with van der Waals surface area (Å²) in [4.78, 5) is 28.0. The lowest BCUT2D eigenvalue weighted by molar-refractivity contribution is -0.173. The van der Waals surface area contributed by atoms with Gasteiger partial charge in [-0.1, -0.05) is 0 Å². The molecule has 10 heteroatoms. The van der Waals surface area contributed by atoms with E-state index in [1.807, 2.05) is 0 Å². The number of nitrogen functional groups attached to an aromatic ring is 1. The molecule has 0 spiro atoms. The van der Waals surface area contributed by atoms with E-state index in [-0.39, 0.29) is 30.2 Å². The summed E-state index contributed by atoms with van der Waals surface area (Å²) in [5, 5.41) is 8.57. The normalized spacial score (nSPS) is 11.6. The molecule has 0 aliphatic heterocycles. The van der Waals surface area contributed by atoms with E-state index in [9.17, 15) is 22.8 Å². The Morgan fingerprint density at radius 3 is 2.60 bits per heavy atom. The highest BCUT2D eigenvalue weighted by atomic mass is 19.4. The van der Waals surface area contributed by atoms with Crippen LogP contribution in [0, 0.1) is 0 Å². The van der Waals surface area contributed by atoms with Crippen molar-refractivity contribution in [3.63, 3.8) is 0 Å². The summed E-state index contributed by atoms with van der Waals surface area (Å²) in [6.07, 6.45) is -5.09. The predicted molar refractivity (Wildman–Crippen MR) is 61.2 cm³/mol. The highest BCUT2D eigenvalue weighted by Crippen LogP contribution is 2.14. The molecule has 1 heterocycles. The lowest BCUT2D eigenvalue weighted by Gasteiger charge is -2.08. The van der Waals surface area contributed by atoms with Gasteiger partial charge in [0.1, 0.15) is 18.2 Å². The molecule has 1 aromatic rings. The molecule has 112 valence electrons. The minimum absolute atomic E-state index is 0.0313. The zero-order valence-corrected chi connectivity index (χ0v) is 10.2. The number of aromatic nitrogens is 2. The van der Waals surface area contributed by atoms with Crippen LogP contribution in [0.1, 0.15) is 11.4 Å². The van der Waals surface area contributed by atoms with Gasteiger partial charge in [-0.15, -0.1) is 0 Å². The first-order valence-electron chi connectivity index (χ1n) is 5.43. The van der Waals surface area contributed by atoms with E-state index in [2.05, 4.69) is 14.7 Å². The van der Waals surface area contributed by atoms with Gasteiger partial charge in [0.15, 0.2) is 0 Å². The van der Waals surface area contributed by atoms with Crippen LogP contribution in [-0.4, -0.2) is 40.4 Å². The third-order valence-corrected chi connectivity index (χ3v) is 2.17. The first-order valence-corrected chi connectivity index (χ1v) is 5.43. The van der Waals surface area contributed by atoms with Crippen LogP contribution in [0.15, 0.2) is 4.79 Å². The van der Waals surface area contributed by atoms with E-state index in [0.717, 1.165) is 0 Å². The molecule has 0 aliphatic carbocycles. The summed E-state index contributed by atoms with van der Waals surface area (Å²) in [5.74, 6) is -1.48. The van der Waals surface area contributed by atoms with Gasteiger partial charge in [0, 0.05) is 6.42 Å². The smallest absolute Gasteiger partial charge is 0.411 e. The number of rotatable bonds is 6. The maximum atomic E-state index is 11.8. The standard InChI is InChI=1S/C10H12F3N3O4/c11-10(12,13)4-20-2-1-6-15-8(14)5(3-7(17)18)9(19)16-6/h1-4H2,(H,17,18)(H3,14,15,16,19). The van der Waals surface area contributed by atoms with Gasteiger partial charge in [0.2, 0.25) is 0 Å². The molecule has 1 rings (SSSR count). The molecule has 0 atom stereocenters. The molecule has 0 amide bonds. The molecule has 0 saturated carbocycles. The number of carboxylic acid groups (broad SMARTS) is 1. The van der Waals surface area contributed by atoms with Crippen molar-refractivity contribution in [1.29, 1.82) is 0 Å². The zero-order valence-electron chi connectivity index (χ0n) is 10.2. The number of ether oxygens (including phenoxy) is 1. The number of nitrogens with two attached hydrogens (primary N) is 1. The van der Waals surface area contributed by atoms with Crippen molar-refractivity contribution in [2.45, 2.75) is 19.0 Å². The van der Waals surface area contributed by atoms with E-state index in [1.165, 1.54) is 0 Å². The Kier molecular flexibility index (Phi) is 5.08. The largest absolute Gasteiger partial charge is 0.481 e. The fourth-order valence-electron chi connectivity index (χ4n) is 1.36. The minimum Gasteiger partial charge on any atom is -0.481 e. The molecule has 4 N–H and O–H groups in total. The van der Waals surface area contributed by atoms with Crippen molar-refractivity contribution in [2.75, 3.05) is 18.9 Å². The van der Waals surface area contributed by atoms with Gasteiger partial charge in [-0.2, -0.15) is 13.2 Å². The molecule has 0 bridgehead atoms. The molecule has 20 heavy (non-hydrogen) atoms. The molecular weight excluding hydrogens is 283 g/mol. The second-order valence-corrected chi connectivity index (χ2v) is 3.86. The lowest BCUT2D eigenvalue weighted by Crippen LogP contribution is -2.23. The third-order valence-electron chi connectivity index (χ3n) is 2.17. The Labute approximate surface area is 110 Å². The lowest BCUT2D eigenvalue weighted by atomic mass is 10.2. The van der Waals surface area contributed by atoms with Gasteiger partial charge in [0.05, 0.1) is 18.6 Å². The summed E-state index contributed by atoms with van der Waals surface area (Å²) in [7, 11) is 0. The topological polar surface area (TPSA) is 118 Å². The Hall–Kier alpha value is -2.10. The van der Waals surface area contributed by atoms with Crippen molar-refractivity contribution in [2.24, 2.45) is 0 Å². The van der Waals surface area contributed by atoms with E-state index < -0.39 is 30.7 Å². The molecule has 0 aromatic carbocycles. The van der Waals surface area contributed by atoms with Gasteiger partial charge in [-0.25, -0.2) is 4.98 Å². The van der Waals surface area contributed by atoms with E-state index in [0.29, 0.717) is 0 Å². The van der Waals surface area contributed by atoms with Crippen LogP contribution in [0.2, 0.25) is 0 Å². The van der Waals surface area contributed by atoms with Crippen LogP contribution in [0.3, 0.4) is 0 Å². The third kappa shape index (κ3) is 5.26. The second kappa shape index (κ2) is 6.37. The number of H-pyrrole nitrogens is 1. The number of halogens is 3.